The third kappa shape index (κ3) is 4.93. The molecule has 0 bridgehead atoms. The monoisotopic (exact) mass is 467 g/mol. The Hall–Kier alpha value is -2.57. The lowest BCUT2D eigenvalue weighted by Gasteiger charge is -2.27. The fraction of sp³-hybridized carbons (Fsp3) is 0.536. The third-order valence-corrected chi connectivity index (χ3v) is 7.20. The Kier molecular flexibility index (Phi) is 6.92. The number of aliphatic hydroxyl groups excluding tert-OH is 2. The van der Waals surface area contributed by atoms with Gasteiger partial charge < -0.3 is 24.6 Å². The number of benzene rings is 2. The van der Waals surface area contributed by atoms with Gasteiger partial charge in [-0.05, 0) is 74.8 Å². The minimum atomic E-state index is -0.916. The van der Waals surface area contributed by atoms with Crippen LogP contribution in [0.3, 0.4) is 0 Å². The molecule has 0 aromatic heterocycles. The highest BCUT2D eigenvalue weighted by Crippen LogP contribution is 2.47. The zero-order valence-corrected chi connectivity index (χ0v) is 21.0. The minimum absolute atomic E-state index is 0.108. The number of nitrogens with zero attached hydrogens (tertiary/aromatic N) is 1. The second kappa shape index (κ2) is 9.59. The van der Waals surface area contributed by atoms with Crippen molar-refractivity contribution < 1.29 is 24.5 Å². The van der Waals surface area contributed by atoms with Gasteiger partial charge in [-0.25, -0.2) is 0 Å². The Balaban J connectivity index is 1.59. The van der Waals surface area contributed by atoms with E-state index in [1.165, 1.54) is 40.6 Å². The molecule has 0 radical (unpaired) electrons. The van der Waals surface area contributed by atoms with E-state index in [-0.39, 0.29) is 18.4 Å². The van der Waals surface area contributed by atoms with E-state index in [4.69, 9.17) is 4.74 Å². The molecule has 2 unspecified atom stereocenters. The van der Waals surface area contributed by atoms with E-state index >= 15 is 0 Å². The second-order valence-electron chi connectivity index (χ2n) is 10.4. The van der Waals surface area contributed by atoms with Crippen molar-refractivity contribution in [3.63, 3.8) is 0 Å². The van der Waals surface area contributed by atoms with Crippen LogP contribution in [0.1, 0.15) is 66.5 Å². The molecule has 6 heteroatoms. The first kappa shape index (κ1) is 24.6. The first-order valence-electron chi connectivity index (χ1n) is 12.2. The summed E-state index contributed by atoms with van der Waals surface area (Å²) >= 11 is 0. The molecular formula is C28H37NO5. The van der Waals surface area contributed by atoms with Crippen molar-refractivity contribution in [2.24, 2.45) is 0 Å². The molecule has 0 saturated carbocycles. The molecule has 0 spiro atoms. The topological polar surface area (TPSA) is 79.2 Å². The van der Waals surface area contributed by atoms with Crippen molar-refractivity contribution in [3.05, 3.63) is 57.6 Å². The van der Waals surface area contributed by atoms with Crippen LogP contribution in [0.5, 0.6) is 5.75 Å². The van der Waals surface area contributed by atoms with E-state index < -0.39 is 18.2 Å². The lowest BCUT2D eigenvalue weighted by Crippen LogP contribution is -2.25. The summed E-state index contributed by atoms with van der Waals surface area (Å²) < 4.78 is 11.0. The predicted octanol–water partition coefficient (Wildman–Crippen LogP) is 4.14. The van der Waals surface area contributed by atoms with Gasteiger partial charge in [0.05, 0.1) is 25.7 Å². The van der Waals surface area contributed by atoms with Crippen LogP contribution < -0.4 is 9.64 Å². The number of fused-ring (bicyclic) bond motifs is 2. The molecule has 6 nitrogen and oxygen atoms in total. The second-order valence-corrected chi connectivity index (χ2v) is 10.4. The molecule has 0 saturated heterocycles. The van der Waals surface area contributed by atoms with Crippen LogP contribution in [-0.4, -0.2) is 41.1 Å². The maximum atomic E-state index is 11.4. The van der Waals surface area contributed by atoms with E-state index in [0.29, 0.717) is 12.8 Å². The number of methoxy groups -OCH3 is 1. The van der Waals surface area contributed by atoms with E-state index in [1.807, 2.05) is 0 Å². The summed E-state index contributed by atoms with van der Waals surface area (Å²) in [5, 5.41) is 20.7. The van der Waals surface area contributed by atoms with E-state index in [9.17, 15) is 15.0 Å². The number of carbonyl (C=O) groups is 1. The van der Waals surface area contributed by atoms with Gasteiger partial charge in [-0.15, -0.1) is 0 Å². The summed E-state index contributed by atoms with van der Waals surface area (Å²) in [7, 11) is 1.30. The highest BCUT2D eigenvalue weighted by Gasteiger charge is 2.36. The maximum Gasteiger partial charge on any atom is 0.308 e. The van der Waals surface area contributed by atoms with Gasteiger partial charge in [0.25, 0.3) is 0 Å². The van der Waals surface area contributed by atoms with Gasteiger partial charge in [-0.3, -0.25) is 4.79 Å². The Labute approximate surface area is 202 Å². The number of carbonyl (C=O) groups excluding carboxylic acids is 1. The Bertz CT molecular complexity index is 1050. The van der Waals surface area contributed by atoms with E-state index in [2.05, 4.69) is 61.6 Å². The minimum Gasteiger partial charge on any atom is -0.487 e. The predicted molar refractivity (Wildman–Crippen MR) is 132 cm³/mol. The van der Waals surface area contributed by atoms with Crippen LogP contribution in [-0.2, 0) is 35.5 Å². The highest BCUT2D eigenvalue weighted by molar-refractivity contribution is 5.71. The van der Waals surface area contributed by atoms with Gasteiger partial charge in [0.2, 0.25) is 0 Å². The summed E-state index contributed by atoms with van der Waals surface area (Å²) in [4.78, 5) is 13.9. The van der Waals surface area contributed by atoms with Gasteiger partial charge >= 0.3 is 5.97 Å². The molecule has 2 aromatic carbocycles. The molecule has 34 heavy (non-hydrogen) atoms. The first-order chi connectivity index (χ1) is 16.1. The SMILES string of the molecule is COC(=O)CC(O)CC(O)CCc1c(C)c(N2Cc3ccccc3C2)c(C)c2c1OC(C)(C)C2. The van der Waals surface area contributed by atoms with Crippen LogP contribution in [0.25, 0.3) is 0 Å². The average Bonchev–Trinajstić information content (AvgIpc) is 3.33. The summed E-state index contributed by atoms with van der Waals surface area (Å²) in [5.41, 5.74) is 8.62. The van der Waals surface area contributed by atoms with Crippen molar-refractivity contribution in [2.45, 2.75) is 90.7 Å². The van der Waals surface area contributed by atoms with Crippen LogP contribution in [0.4, 0.5) is 5.69 Å². The van der Waals surface area contributed by atoms with Crippen molar-refractivity contribution in [1.82, 2.24) is 0 Å². The van der Waals surface area contributed by atoms with E-state index in [0.717, 1.165) is 30.8 Å². The van der Waals surface area contributed by atoms with E-state index in [1.54, 1.807) is 0 Å². The molecule has 2 aliphatic rings. The molecule has 4 rings (SSSR count). The molecule has 0 aliphatic carbocycles. The van der Waals surface area contributed by atoms with Crippen molar-refractivity contribution in [2.75, 3.05) is 12.0 Å². The molecule has 184 valence electrons. The van der Waals surface area contributed by atoms with Gasteiger partial charge in [0, 0.05) is 30.8 Å². The first-order valence-corrected chi connectivity index (χ1v) is 12.2. The molecule has 2 atom stereocenters. The molecule has 0 fully saturated rings. The fourth-order valence-corrected chi connectivity index (χ4v) is 5.53. The fourth-order valence-electron chi connectivity index (χ4n) is 5.53. The number of esters is 1. The zero-order chi connectivity index (χ0) is 24.6. The molecule has 2 aliphatic heterocycles. The number of rotatable bonds is 8. The Morgan fingerprint density at radius 2 is 1.76 bits per heavy atom. The number of ether oxygens (including phenoxy) is 2. The number of hydrogen-bond acceptors (Lipinski definition) is 6. The van der Waals surface area contributed by atoms with Gasteiger partial charge in [-0.2, -0.15) is 0 Å². The maximum absolute atomic E-state index is 11.4. The summed E-state index contributed by atoms with van der Waals surface area (Å²) in [6.45, 7) is 10.4. The highest BCUT2D eigenvalue weighted by atomic mass is 16.5. The molecular weight excluding hydrogens is 430 g/mol. The summed E-state index contributed by atoms with van der Waals surface area (Å²) in [5.74, 6) is 0.488. The average molecular weight is 468 g/mol. The summed E-state index contributed by atoms with van der Waals surface area (Å²) in [6.07, 6.45) is 0.385. The number of aliphatic hydroxyl groups is 2. The molecule has 2 heterocycles. The lowest BCUT2D eigenvalue weighted by atomic mass is 9.89. The molecule has 2 aromatic rings. The van der Waals surface area contributed by atoms with Crippen LogP contribution in [0, 0.1) is 13.8 Å². The third-order valence-electron chi connectivity index (χ3n) is 7.20. The molecule has 0 amide bonds. The van der Waals surface area contributed by atoms with Gasteiger partial charge in [0.1, 0.15) is 11.4 Å². The summed E-state index contributed by atoms with van der Waals surface area (Å²) in [6, 6.07) is 8.61. The van der Waals surface area contributed by atoms with Crippen LogP contribution in [0.15, 0.2) is 24.3 Å². The van der Waals surface area contributed by atoms with Crippen LogP contribution >= 0.6 is 0 Å². The van der Waals surface area contributed by atoms with Crippen molar-refractivity contribution >= 4 is 11.7 Å². The zero-order valence-electron chi connectivity index (χ0n) is 21.0. The van der Waals surface area contributed by atoms with Crippen molar-refractivity contribution in [1.29, 1.82) is 0 Å². The lowest BCUT2D eigenvalue weighted by molar-refractivity contribution is -0.143. The Morgan fingerprint density at radius 3 is 2.38 bits per heavy atom. The standard InChI is InChI=1S/C28H37NO5/c1-17-23(11-10-21(30)12-22(31)13-25(32)33-5)27-24(14-28(3,4)34-27)18(2)26(17)29-15-19-8-6-7-9-20(19)16-29/h6-9,21-22,30-31H,10-16H2,1-5H3. The number of hydrogen-bond donors (Lipinski definition) is 2. The largest absolute Gasteiger partial charge is 0.487 e. The van der Waals surface area contributed by atoms with Gasteiger partial charge in [0.15, 0.2) is 0 Å². The quantitative estimate of drug-likeness (QED) is 0.568. The number of anilines is 1. The van der Waals surface area contributed by atoms with Crippen molar-refractivity contribution in [3.8, 4) is 5.75 Å². The Morgan fingerprint density at radius 1 is 1.12 bits per heavy atom. The normalized spacial score (nSPS) is 17.7. The van der Waals surface area contributed by atoms with Crippen LogP contribution in [0.2, 0.25) is 0 Å². The smallest absolute Gasteiger partial charge is 0.308 e. The van der Waals surface area contributed by atoms with Gasteiger partial charge in [-0.1, -0.05) is 24.3 Å². The molecule has 2 N–H and O–H groups in total.